The number of nitrogens with zero attached hydrogens (tertiary/aromatic N) is 1. The SMILES string of the molecule is OCC1(Cc2nc(C3CCOCC3)cs2)CCC1. The van der Waals surface area contributed by atoms with Gasteiger partial charge in [-0.3, -0.25) is 0 Å². The summed E-state index contributed by atoms with van der Waals surface area (Å²) in [6.45, 7) is 2.06. The van der Waals surface area contributed by atoms with Crippen molar-refractivity contribution in [3.63, 3.8) is 0 Å². The molecule has 2 heterocycles. The van der Waals surface area contributed by atoms with Gasteiger partial charge in [-0.1, -0.05) is 6.42 Å². The summed E-state index contributed by atoms with van der Waals surface area (Å²) in [5, 5.41) is 12.9. The average Bonchev–Trinajstić information content (AvgIpc) is 2.83. The van der Waals surface area contributed by atoms with Crippen LogP contribution in [0.15, 0.2) is 5.38 Å². The summed E-state index contributed by atoms with van der Waals surface area (Å²) < 4.78 is 5.40. The van der Waals surface area contributed by atoms with Crippen LogP contribution in [-0.4, -0.2) is 29.9 Å². The minimum absolute atomic E-state index is 0.158. The van der Waals surface area contributed by atoms with Gasteiger partial charge in [-0.05, 0) is 31.1 Å². The van der Waals surface area contributed by atoms with Crippen LogP contribution in [0.1, 0.15) is 48.7 Å². The largest absolute Gasteiger partial charge is 0.396 e. The van der Waals surface area contributed by atoms with Gasteiger partial charge in [-0.25, -0.2) is 4.98 Å². The zero-order valence-electron chi connectivity index (χ0n) is 10.7. The van der Waals surface area contributed by atoms with E-state index in [-0.39, 0.29) is 5.41 Å². The third-order valence-corrected chi connectivity index (χ3v) is 5.35. The van der Waals surface area contributed by atoms with E-state index in [4.69, 9.17) is 9.72 Å². The van der Waals surface area contributed by atoms with Crippen molar-refractivity contribution in [1.82, 2.24) is 4.98 Å². The van der Waals surface area contributed by atoms with Crippen molar-refractivity contribution in [3.8, 4) is 0 Å². The molecular formula is C14H21NO2S. The molecule has 1 aliphatic carbocycles. The maximum absolute atomic E-state index is 9.51. The standard InChI is InChI=1S/C14H21NO2S/c16-10-14(4-1-5-14)8-13-15-12(9-18-13)11-2-6-17-7-3-11/h9,11,16H,1-8,10H2. The fraction of sp³-hybridized carbons (Fsp3) is 0.786. The predicted molar refractivity (Wildman–Crippen MR) is 72.0 cm³/mol. The average molecular weight is 267 g/mol. The van der Waals surface area contributed by atoms with Crippen molar-refractivity contribution in [2.45, 2.75) is 44.4 Å². The molecule has 4 heteroatoms. The van der Waals surface area contributed by atoms with Crippen molar-refractivity contribution in [3.05, 3.63) is 16.1 Å². The molecule has 1 saturated heterocycles. The molecule has 0 unspecified atom stereocenters. The number of thiazole rings is 1. The fourth-order valence-corrected chi connectivity index (χ4v) is 4.03. The van der Waals surface area contributed by atoms with Gasteiger partial charge in [0.25, 0.3) is 0 Å². The Labute approximate surface area is 112 Å². The van der Waals surface area contributed by atoms with E-state index in [2.05, 4.69) is 5.38 Å². The number of hydrogen-bond donors (Lipinski definition) is 1. The van der Waals surface area contributed by atoms with E-state index in [1.54, 1.807) is 11.3 Å². The molecule has 1 aromatic rings. The van der Waals surface area contributed by atoms with Crippen molar-refractivity contribution >= 4 is 11.3 Å². The fourth-order valence-electron chi connectivity index (χ4n) is 2.98. The molecule has 0 bridgehead atoms. The van der Waals surface area contributed by atoms with E-state index in [1.807, 2.05) is 0 Å². The molecule has 1 aliphatic heterocycles. The summed E-state index contributed by atoms with van der Waals surface area (Å²) in [5.74, 6) is 0.593. The highest BCUT2D eigenvalue weighted by atomic mass is 32.1. The minimum atomic E-state index is 0.158. The van der Waals surface area contributed by atoms with E-state index in [0.717, 1.165) is 45.3 Å². The summed E-state index contributed by atoms with van der Waals surface area (Å²) in [6.07, 6.45) is 6.77. The van der Waals surface area contributed by atoms with E-state index < -0.39 is 0 Å². The lowest BCUT2D eigenvalue weighted by atomic mass is 9.67. The van der Waals surface area contributed by atoms with Gasteiger partial charge in [0.05, 0.1) is 10.7 Å². The van der Waals surface area contributed by atoms with Crippen LogP contribution >= 0.6 is 11.3 Å². The molecule has 0 aromatic carbocycles. The van der Waals surface area contributed by atoms with E-state index in [0.29, 0.717) is 12.5 Å². The monoisotopic (exact) mass is 267 g/mol. The number of aliphatic hydroxyl groups is 1. The van der Waals surface area contributed by atoms with Gasteiger partial charge in [-0.2, -0.15) is 0 Å². The number of hydrogen-bond acceptors (Lipinski definition) is 4. The number of rotatable bonds is 4. The first-order valence-electron chi connectivity index (χ1n) is 6.94. The maximum atomic E-state index is 9.51. The Kier molecular flexibility index (Phi) is 3.68. The maximum Gasteiger partial charge on any atom is 0.0934 e. The van der Waals surface area contributed by atoms with Crippen LogP contribution in [0.3, 0.4) is 0 Å². The third-order valence-electron chi connectivity index (χ3n) is 4.48. The number of aliphatic hydroxyl groups excluding tert-OH is 1. The minimum Gasteiger partial charge on any atom is -0.396 e. The van der Waals surface area contributed by atoms with Crippen molar-refractivity contribution in [2.75, 3.05) is 19.8 Å². The lowest BCUT2D eigenvalue weighted by molar-refractivity contribution is 0.0449. The summed E-state index contributed by atoms with van der Waals surface area (Å²) in [4.78, 5) is 4.80. The van der Waals surface area contributed by atoms with Crippen molar-refractivity contribution in [2.24, 2.45) is 5.41 Å². The summed E-state index contributed by atoms with van der Waals surface area (Å²) in [5.41, 5.74) is 1.41. The number of aromatic nitrogens is 1. The molecular weight excluding hydrogens is 246 g/mol. The molecule has 18 heavy (non-hydrogen) atoms. The number of ether oxygens (including phenoxy) is 1. The van der Waals surface area contributed by atoms with E-state index >= 15 is 0 Å². The van der Waals surface area contributed by atoms with Crippen molar-refractivity contribution < 1.29 is 9.84 Å². The molecule has 100 valence electrons. The van der Waals surface area contributed by atoms with E-state index in [1.165, 1.54) is 17.1 Å². The van der Waals surface area contributed by atoms with Gasteiger partial charge < -0.3 is 9.84 Å². The predicted octanol–water partition coefficient (Wildman–Crippen LogP) is 2.74. The lowest BCUT2D eigenvalue weighted by Crippen LogP contribution is -2.35. The van der Waals surface area contributed by atoms with Crippen LogP contribution < -0.4 is 0 Å². The quantitative estimate of drug-likeness (QED) is 0.912. The third kappa shape index (κ3) is 2.46. The first-order valence-corrected chi connectivity index (χ1v) is 7.82. The van der Waals surface area contributed by atoms with Crippen LogP contribution in [0.25, 0.3) is 0 Å². The summed E-state index contributed by atoms with van der Waals surface area (Å²) >= 11 is 1.77. The first-order chi connectivity index (χ1) is 8.81. The van der Waals surface area contributed by atoms with Crippen molar-refractivity contribution in [1.29, 1.82) is 0 Å². The summed E-state index contributed by atoms with van der Waals surface area (Å²) in [7, 11) is 0. The van der Waals surface area contributed by atoms with Gasteiger partial charge in [0.1, 0.15) is 0 Å². The second-order valence-corrected chi connectivity index (χ2v) is 6.68. The van der Waals surface area contributed by atoms with E-state index in [9.17, 15) is 5.11 Å². The van der Waals surface area contributed by atoms with Crippen LogP contribution in [0.2, 0.25) is 0 Å². The van der Waals surface area contributed by atoms with Crippen LogP contribution in [0, 0.1) is 5.41 Å². The smallest absolute Gasteiger partial charge is 0.0934 e. The Balaban J connectivity index is 1.65. The normalized spacial score (nSPS) is 23.8. The van der Waals surface area contributed by atoms with Gasteiger partial charge in [0.15, 0.2) is 0 Å². The molecule has 1 saturated carbocycles. The molecule has 0 amide bonds. The molecule has 0 atom stereocenters. The van der Waals surface area contributed by atoms with Gasteiger partial charge in [0, 0.05) is 37.5 Å². The Hall–Kier alpha value is -0.450. The highest BCUT2D eigenvalue weighted by molar-refractivity contribution is 7.09. The van der Waals surface area contributed by atoms with Crippen LogP contribution in [0.4, 0.5) is 0 Å². The molecule has 3 nitrogen and oxygen atoms in total. The lowest BCUT2D eigenvalue weighted by Gasteiger charge is -2.39. The zero-order chi connectivity index (χ0) is 12.4. The first kappa shape index (κ1) is 12.6. The molecule has 1 N–H and O–H groups in total. The molecule has 0 radical (unpaired) electrons. The molecule has 3 rings (SSSR count). The van der Waals surface area contributed by atoms with Gasteiger partial charge in [-0.15, -0.1) is 11.3 Å². The Morgan fingerprint density at radius 2 is 2.17 bits per heavy atom. The van der Waals surface area contributed by atoms with Gasteiger partial charge in [0.2, 0.25) is 0 Å². The second kappa shape index (κ2) is 5.27. The highest BCUT2D eigenvalue weighted by Crippen LogP contribution is 2.43. The highest BCUT2D eigenvalue weighted by Gasteiger charge is 2.37. The summed E-state index contributed by atoms with van der Waals surface area (Å²) in [6, 6.07) is 0. The topological polar surface area (TPSA) is 42.4 Å². The molecule has 0 spiro atoms. The Bertz CT molecular complexity index is 389. The second-order valence-electron chi connectivity index (χ2n) is 5.74. The molecule has 2 fully saturated rings. The van der Waals surface area contributed by atoms with Crippen LogP contribution in [0.5, 0.6) is 0 Å². The zero-order valence-corrected chi connectivity index (χ0v) is 11.5. The Morgan fingerprint density at radius 1 is 1.39 bits per heavy atom. The van der Waals surface area contributed by atoms with Crippen LogP contribution in [-0.2, 0) is 11.2 Å². The molecule has 2 aliphatic rings. The van der Waals surface area contributed by atoms with Gasteiger partial charge >= 0.3 is 0 Å². The Morgan fingerprint density at radius 3 is 2.78 bits per heavy atom. The molecule has 1 aromatic heterocycles.